The number of piperidine rings is 1. The molecule has 1 unspecified atom stereocenters. The summed E-state index contributed by atoms with van der Waals surface area (Å²) in [5, 5.41) is 2.85. The van der Waals surface area contributed by atoms with Crippen LogP contribution in [0.15, 0.2) is 24.3 Å². The predicted octanol–water partition coefficient (Wildman–Crippen LogP) is 2.23. The highest BCUT2D eigenvalue weighted by Crippen LogP contribution is 2.18. The second-order valence-corrected chi connectivity index (χ2v) is 6.87. The van der Waals surface area contributed by atoms with E-state index < -0.39 is 0 Å². The molecule has 1 heterocycles. The minimum atomic E-state index is -0.0833. The summed E-state index contributed by atoms with van der Waals surface area (Å²) in [6.07, 6.45) is 3.60. The summed E-state index contributed by atoms with van der Waals surface area (Å²) >= 11 is 0. The monoisotopic (exact) mass is 395 g/mol. The average Bonchev–Trinajstić information content (AvgIpc) is 2.65. The molecule has 0 aromatic heterocycles. The van der Waals surface area contributed by atoms with Gasteiger partial charge >= 0.3 is 0 Å². The van der Waals surface area contributed by atoms with Crippen molar-refractivity contribution in [3.05, 3.63) is 35.4 Å². The highest BCUT2D eigenvalue weighted by molar-refractivity contribution is 5.98. The van der Waals surface area contributed by atoms with Gasteiger partial charge in [-0.05, 0) is 26.2 Å². The first-order valence-corrected chi connectivity index (χ1v) is 9.37. The van der Waals surface area contributed by atoms with Gasteiger partial charge in [0.05, 0.1) is 0 Å². The van der Waals surface area contributed by atoms with Gasteiger partial charge < -0.3 is 16.0 Å². The Labute approximate surface area is 167 Å². The van der Waals surface area contributed by atoms with Gasteiger partial charge in [0.25, 0.3) is 0 Å². The van der Waals surface area contributed by atoms with Crippen molar-refractivity contribution >= 4 is 30.0 Å². The second kappa shape index (κ2) is 11.7. The number of carbonyl (C=O) groups excluding carboxylic acids is 3. The molecule has 0 bridgehead atoms. The summed E-state index contributed by atoms with van der Waals surface area (Å²) in [7, 11) is 0. The lowest BCUT2D eigenvalue weighted by Crippen LogP contribution is -2.49. The number of rotatable bonds is 8. The lowest BCUT2D eigenvalue weighted by molar-refractivity contribution is -0.135. The van der Waals surface area contributed by atoms with Crippen LogP contribution in [0.3, 0.4) is 0 Å². The van der Waals surface area contributed by atoms with Gasteiger partial charge in [0, 0.05) is 50.5 Å². The van der Waals surface area contributed by atoms with E-state index in [1.807, 2.05) is 24.0 Å². The molecule has 0 spiro atoms. The number of likely N-dealkylation sites (tertiary alicyclic amines) is 1. The minimum absolute atomic E-state index is 0. The lowest BCUT2D eigenvalue weighted by atomic mass is 10.00. The van der Waals surface area contributed by atoms with E-state index in [0.717, 1.165) is 24.8 Å². The van der Waals surface area contributed by atoms with Crippen LogP contribution in [0.25, 0.3) is 0 Å². The molecule has 0 radical (unpaired) electrons. The second-order valence-electron chi connectivity index (χ2n) is 6.87. The largest absolute Gasteiger partial charge is 0.354 e. The number of ketones is 1. The van der Waals surface area contributed by atoms with E-state index in [0.29, 0.717) is 31.6 Å². The summed E-state index contributed by atoms with van der Waals surface area (Å²) in [5.41, 5.74) is 7.13. The third kappa shape index (κ3) is 7.31. The average molecular weight is 396 g/mol. The van der Waals surface area contributed by atoms with Crippen LogP contribution in [0.4, 0.5) is 0 Å². The Balaban J connectivity index is 0.00000364. The van der Waals surface area contributed by atoms with E-state index in [1.165, 1.54) is 0 Å². The third-order valence-corrected chi connectivity index (χ3v) is 4.79. The number of halogens is 1. The molecular weight excluding hydrogens is 366 g/mol. The summed E-state index contributed by atoms with van der Waals surface area (Å²) < 4.78 is 0. The first-order valence-electron chi connectivity index (χ1n) is 9.37. The molecule has 1 aliphatic heterocycles. The van der Waals surface area contributed by atoms with E-state index >= 15 is 0 Å². The van der Waals surface area contributed by atoms with Crippen molar-refractivity contribution in [2.75, 3.05) is 19.6 Å². The number of carbonyl (C=O) groups is 3. The van der Waals surface area contributed by atoms with E-state index in [-0.39, 0.29) is 48.9 Å². The van der Waals surface area contributed by atoms with Gasteiger partial charge in [0.15, 0.2) is 5.78 Å². The summed E-state index contributed by atoms with van der Waals surface area (Å²) in [6.45, 7) is 3.44. The first kappa shape index (κ1) is 23.1. The summed E-state index contributed by atoms with van der Waals surface area (Å²) in [4.78, 5) is 38.3. The number of nitrogens with two attached hydrogens (primary N) is 1. The van der Waals surface area contributed by atoms with Crippen LogP contribution < -0.4 is 11.1 Å². The normalized spacial score (nSPS) is 16.4. The fourth-order valence-corrected chi connectivity index (χ4v) is 3.24. The number of amides is 2. The van der Waals surface area contributed by atoms with Gasteiger partial charge in [-0.3, -0.25) is 14.4 Å². The van der Waals surface area contributed by atoms with Gasteiger partial charge in [-0.25, -0.2) is 0 Å². The Morgan fingerprint density at radius 3 is 2.48 bits per heavy atom. The number of aryl methyl sites for hydroxylation is 1. The topological polar surface area (TPSA) is 92.5 Å². The molecule has 6 nitrogen and oxygen atoms in total. The van der Waals surface area contributed by atoms with E-state index in [1.54, 1.807) is 12.1 Å². The van der Waals surface area contributed by atoms with Gasteiger partial charge in [0.1, 0.15) is 0 Å². The van der Waals surface area contributed by atoms with Crippen molar-refractivity contribution in [3.63, 3.8) is 0 Å². The van der Waals surface area contributed by atoms with Crippen LogP contribution >= 0.6 is 12.4 Å². The van der Waals surface area contributed by atoms with Gasteiger partial charge in [0.2, 0.25) is 11.8 Å². The van der Waals surface area contributed by atoms with Crippen molar-refractivity contribution in [1.82, 2.24) is 10.2 Å². The molecule has 27 heavy (non-hydrogen) atoms. The molecule has 1 fully saturated rings. The molecule has 1 saturated heterocycles. The van der Waals surface area contributed by atoms with Crippen molar-refractivity contribution in [3.8, 4) is 0 Å². The highest BCUT2D eigenvalue weighted by atomic mass is 35.5. The summed E-state index contributed by atoms with van der Waals surface area (Å²) in [5.74, 6) is -0.105. The number of nitrogens with one attached hydrogen (secondary N) is 1. The zero-order valence-electron chi connectivity index (χ0n) is 15.9. The molecule has 1 aromatic carbocycles. The maximum Gasteiger partial charge on any atom is 0.223 e. The molecule has 3 N–H and O–H groups in total. The highest BCUT2D eigenvalue weighted by Gasteiger charge is 2.27. The molecule has 7 heteroatoms. The van der Waals surface area contributed by atoms with Crippen LogP contribution in [0, 0.1) is 6.92 Å². The Morgan fingerprint density at radius 2 is 1.81 bits per heavy atom. The Bertz CT molecular complexity index is 634. The van der Waals surface area contributed by atoms with Crippen LogP contribution in [0.1, 0.15) is 54.4 Å². The van der Waals surface area contributed by atoms with Crippen molar-refractivity contribution in [1.29, 1.82) is 0 Å². The maximum atomic E-state index is 12.6. The molecule has 1 aliphatic rings. The molecular formula is C20H30ClN3O3. The molecule has 0 aliphatic carbocycles. The van der Waals surface area contributed by atoms with E-state index in [2.05, 4.69) is 5.32 Å². The molecule has 2 rings (SSSR count). The van der Waals surface area contributed by atoms with Crippen LogP contribution in [-0.4, -0.2) is 48.2 Å². The summed E-state index contributed by atoms with van der Waals surface area (Å²) in [6, 6.07) is 7.42. The SMILES string of the molecule is Cc1ccc(C(=O)CCC(=O)N2CCCCC2CNC(=O)CCN)cc1.Cl. The van der Waals surface area contributed by atoms with Gasteiger partial charge in [-0.15, -0.1) is 12.4 Å². The number of nitrogens with zero attached hydrogens (tertiary/aromatic N) is 1. The Morgan fingerprint density at radius 1 is 1.11 bits per heavy atom. The van der Waals surface area contributed by atoms with Crippen molar-refractivity contribution in [2.24, 2.45) is 5.73 Å². The fourth-order valence-electron chi connectivity index (χ4n) is 3.24. The Kier molecular flexibility index (Phi) is 10.0. The third-order valence-electron chi connectivity index (χ3n) is 4.79. The van der Waals surface area contributed by atoms with Crippen LogP contribution in [0.5, 0.6) is 0 Å². The number of hydrogen-bond donors (Lipinski definition) is 2. The number of benzene rings is 1. The van der Waals surface area contributed by atoms with Crippen molar-refractivity contribution < 1.29 is 14.4 Å². The molecule has 2 amide bonds. The Hall–Kier alpha value is -1.92. The molecule has 150 valence electrons. The van der Waals surface area contributed by atoms with Crippen molar-refractivity contribution in [2.45, 2.75) is 51.5 Å². The zero-order chi connectivity index (χ0) is 18.9. The van der Waals surface area contributed by atoms with E-state index in [4.69, 9.17) is 5.73 Å². The standard InChI is InChI=1S/C20H29N3O3.ClH/c1-15-5-7-16(8-6-15)18(24)9-10-20(26)23-13-3-2-4-17(23)14-22-19(25)11-12-21;/h5-8,17H,2-4,9-14,21H2,1H3,(H,22,25);1H. The quantitative estimate of drug-likeness (QED) is 0.660. The lowest BCUT2D eigenvalue weighted by Gasteiger charge is -2.36. The van der Waals surface area contributed by atoms with Crippen LogP contribution in [-0.2, 0) is 9.59 Å². The zero-order valence-corrected chi connectivity index (χ0v) is 16.7. The fraction of sp³-hybridized carbons (Fsp3) is 0.550. The number of hydrogen-bond acceptors (Lipinski definition) is 4. The molecule has 0 saturated carbocycles. The van der Waals surface area contributed by atoms with E-state index in [9.17, 15) is 14.4 Å². The predicted molar refractivity (Wildman–Crippen MR) is 108 cm³/mol. The maximum absolute atomic E-state index is 12.6. The van der Waals surface area contributed by atoms with Gasteiger partial charge in [-0.1, -0.05) is 29.8 Å². The molecule has 1 atom stereocenters. The van der Waals surface area contributed by atoms with Gasteiger partial charge in [-0.2, -0.15) is 0 Å². The number of Topliss-reactive ketones (excluding diaryl/α,β-unsaturated/α-hetero) is 1. The minimum Gasteiger partial charge on any atom is -0.354 e. The first-order chi connectivity index (χ1) is 12.5. The smallest absolute Gasteiger partial charge is 0.223 e. The van der Waals surface area contributed by atoms with Crippen LogP contribution in [0.2, 0.25) is 0 Å². The molecule has 1 aromatic rings.